The number of non-ortho nitro benzene ring substituents is 1. The van der Waals surface area contributed by atoms with Gasteiger partial charge in [-0.3, -0.25) is 20.2 Å². The first-order valence-electron chi connectivity index (χ1n) is 6.73. The molecule has 3 rings (SSSR count). The second-order valence-electron chi connectivity index (χ2n) is 4.55. The van der Waals surface area contributed by atoms with Crippen LogP contribution in [0.1, 0.15) is 4.88 Å². The molecule has 1 aromatic carbocycles. The van der Waals surface area contributed by atoms with Crippen LogP contribution < -0.4 is 5.32 Å². The molecule has 3 aromatic rings. The van der Waals surface area contributed by atoms with Crippen molar-refractivity contribution >= 4 is 35.0 Å². The average molecular weight is 342 g/mol. The number of benzene rings is 1. The van der Waals surface area contributed by atoms with Gasteiger partial charge in [-0.1, -0.05) is 11.2 Å². The first-order valence-corrected chi connectivity index (χ1v) is 7.61. The molecular formula is C15H10N4O4S. The van der Waals surface area contributed by atoms with Crippen LogP contribution in [0.3, 0.4) is 0 Å². The highest BCUT2D eigenvalue weighted by Crippen LogP contribution is 2.22. The van der Waals surface area contributed by atoms with Crippen molar-refractivity contribution in [3.05, 3.63) is 62.8 Å². The summed E-state index contributed by atoms with van der Waals surface area (Å²) in [6.45, 7) is 0. The maximum Gasteiger partial charge on any atom is 0.322 e. The summed E-state index contributed by atoms with van der Waals surface area (Å²) in [5.41, 5.74) is 0.480. The smallest absolute Gasteiger partial charge is 0.322 e. The topological polar surface area (TPSA) is 111 Å². The number of hydrogen-bond donors (Lipinski definition) is 1. The first kappa shape index (κ1) is 15.6. The maximum atomic E-state index is 11.8. The lowest BCUT2D eigenvalue weighted by atomic mass is 10.2. The van der Waals surface area contributed by atoms with Gasteiger partial charge in [-0.15, -0.1) is 16.4 Å². The van der Waals surface area contributed by atoms with Gasteiger partial charge in [0.1, 0.15) is 0 Å². The Bertz CT molecular complexity index is 885. The van der Waals surface area contributed by atoms with E-state index in [0.717, 1.165) is 4.88 Å². The average Bonchev–Trinajstić information content (AvgIpc) is 3.25. The van der Waals surface area contributed by atoms with Gasteiger partial charge in [-0.05, 0) is 29.7 Å². The summed E-state index contributed by atoms with van der Waals surface area (Å²) >= 11 is 1.51. The van der Waals surface area contributed by atoms with Crippen LogP contribution >= 0.6 is 11.3 Å². The van der Waals surface area contributed by atoms with Gasteiger partial charge in [0.25, 0.3) is 11.6 Å². The van der Waals surface area contributed by atoms with Crippen LogP contribution in [-0.2, 0) is 4.79 Å². The number of nitro benzene ring substituents is 1. The van der Waals surface area contributed by atoms with Crippen molar-refractivity contribution in [3.8, 4) is 11.5 Å². The van der Waals surface area contributed by atoms with Gasteiger partial charge in [-0.25, -0.2) is 0 Å². The summed E-state index contributed by atoms with van der Waals surface area (Å²) in [6.07, 6.45) is 3.04. The SMILES string of the molecule is O=C(/C=C/c1cccs1)Nc1nnc(-c2ccc([N+](=O)[O-])cc2)o1. The number of amides is 1. The Morgan fingerprint density at radius 2 is 2.04 bits per heavy atom. The monoisotopic (exact) mass is 342 g/mol. The highest BCUT2D eigenvalue weighted by atomic mass is 32.1. The Kier molecular flexibility index (Phi) is 4.43. The van der Waals surface area contributed by atoms with Crippen LogP contribution in [0.25, 0.3) is 17.5 Å². The van der Waals surface area contributed by atoms with E-state index in [1.807, 2.05) is 17.5 Å². The molecule has 24 heavy (non-hydrogen) atoms. The predicted octanol–water partition coefficient (Wildman–Crippen LogP) is 3.36. The molecule has 120 valence electrons. The fourth-order valence-corrected chi connectivity index (χ4v) is 2.43. The second-order valence-corrected chi connectivity index (χ2v) is 5.53. The highest BCUT2D eigenvalue weighted by molar-refractivity contribution is 7.10. The molecule has 0 aliphatic rings. The van der Waals surface area contributed by atoms with Crippen molar-refractivity contribution in [2.24, 2.45) is 0 Å². The number of thiophene rings is 1. The van der Waals surface area contributed by atoms with E-state index in [0.29, 0.717) is 5.56 Å². The number of rotatable bonds is 5. The van der Waals surface area contributed by atoms with Gasteiger partial charge >= 0.3 is 6.01 Å². The Hall–Kier alpha value is -3.33. The second kappa shape index (κ2) is 6.84. The van der Waals surface area contributed by atoms with E-state index in [-0.39, 0.29) is 17.6 Å². The highest BCUT2D eigenvalue weighted by Gasteiger charge is 2.12. The minimum atomic E-state index is -0.497. The molecule has 0 aliphatic carbocycles. The molecule has 2 aromatic heterocycles. The molecule has 0 radical (unpaired) electrons. The number of carbonyl (C=O) groups excluding carboxylic acids is 1. The van der Waals surface area contributed by atoms with Crippen molar-refractivity contribution in [3.63, 3.8) is 0 Å². The molecule has 0 atom stereocenters. The van der Waals surface area contributed by atoms with E-state index in [9.17, 15) is 14.9 Å². The number of hydrogen-bond acceptors (Lipinski definition) is 7. The van der Waals surface area contributed by atoms with E-state index in [1.54, 1.807) is 6.08 Å². The molecule has 9 heteroatoms. The minimum absolute atomic E-state index is 0.0366. The van der Waals surface area contributed by atoms with Gasteiger partial charge in [0, 0.05) is 28.6 Å². The number of anilines is 1. The third-order valence-electron chi connectivity index (χ3n) is 2.92. The van der Waals surface area contributed by atoms with Crippen LogP contribution in [0.5, 0.6) is 0 Å². The summed E-state index contributed by atoms with van der Waals surface area (Å²) in [7, 11) is 0. The predicted molar refractivity (Wildman–Crippen MR) is 88.4 cm³/mol. The Balaban J connectivity index is 1.66. The molecule has 0 bridgehead atoms. The molecule has 1 N–H and O–H groups in total. The Morgan fingerprint density at radius 3 is 2.71 bits per heavy atom. The van der Waals surface area contributed by atoms with E-state index >= 15 is 0 Å². The number of nitro groups is 1. The lowest BCUT2D eigenvalue weighted by Gasteiger charge is -1.95. The van der Waals surface area contributed by atoms with Gasteiger partial charge in [-0.2, -0.15) is 0 Å². The van der Waals surface area contributed by atoms with Crippen LogP contribution in [0.15, 0.2) is 52.3 Å². The molecule has 0 unspecified atom stereocenters. The molecule has 8 nitrogen and oxygen atoms in total. The lowest BCUT2D eigenvalue weighted by Crippen LogP contribution is -2.07. The molecular weight excluding hydrogens is 332 g/mol. The molecule has 0 spiro atoms. The van der Waals surface area contributed by atoms with Crippen LogP contribution in [0.2, 0.25) is 0 Å². The van der Waals surface area contributed by atoms with Crippen LogP contribution in [0.4, 0.5) is 11.7 Å². The van der Waals surface area contributed by atoms with Crippen LogP contribution in [0, 0.1) is 10.1 Å². The zero-order chi connectivity index (χ0) is 16.9. The van der Waals surface area contributed by atoms with Gasteiger partial charge in [0.05, 0.1) is 4.92 Å². The van der Waals surface area contributed by atoms with E-state index < -0.39 is 10.8 Å². The van der Waals surface area contributed by atoms with Crippen molar-refractivity contribution < 1.29 is 14.1 Å². The van der Waals surface area contributed by atoms with Crippen molar-refractivity contribution in [2.75, 3.05) is 5.32 Å². The number of nitrogens with one attached hydrogen (secondary N) is 1. The normalized spacial score (nSPS) is 10.8. The quantitative estimate of drug-likeness (QED) is 0.432. The summed E-state index contributed by atoms with van der Waals surface area (Å²) in [5, 5.41) is 22.5. The minimum Gasteiger partial charge on any atom is -0.403 e. The van der Waals surface area contributed by atoms with E-state index in [4.69, 9.17) is 4.42 Å². The third-order valence-corrected chi connectivity index (χ3v) is 3.76. The largest absolute Gasteiger partial charge is 0.403 e. The Labute approximate surface area is 139 Å². The summed E-state index contributed by atoms with van der Waals surface area (Å²) < 4.78 is 5.32. The maximum absolute atomic E-state index is 11.8. The molecule has 0 saturated carbocycles. The molecule has 0 aliphatic heterocycles. The standard InChI is InChI=1S/C15H10N4O4S/c20-13(8-7-12-2-1-9-24-12)16-15-18-17-14(23-15)10-3-5-11(6-4-10)19(21)22/h1-9H,(H,16,18,20)/b8-7+. The summed E-state index contributed by atoms with van der Waals surface area (Å²) in [6, 6.07) is 9.37. The van der Waals surface area contributed by atoms with E-state index in [1.165, 1.54) is 41.7 Å². The first-order chi connectivity index (χ1) is 11.6. The zero-order valence-electron chi connectivity index (χ0n) is 12.1. The fourth-order valence-electron chi connectivity index (χ4n) is 1.81. The molecule has 0 saturated heterocycles. The number of nitrogens with zero attached hydrogens (tertiary/aromatic N) is 3. The number of aromatic nitrogens is 2. The molecule has 1 amide bonds. The van der Waals surface area contributed by atoms with Crippen molar-refractivity contribution in [1.82, 2.24) is 10.2 Å². The number of carbonyl (C=O) groups is 1. The third kappa shape index (κ3) is 3.70. The fraction of sp³-hybridized carbons (Fsp3) is 0. The molecule has 2 heterocycles. The summed E-state index contributed by atoms with van der Waals surface area (Å²) in [5.74, 6) is -0.246. The lowest BCUT2D eigenvalue weighted by molar-refractivity contribution is -0.384. The van der Waals surface area contributed by atoms with Crippen LogP contribution in [-0.4, -0.2) is 21.0 Å². The van der Waals surface area contributed by atoms with Crippen molar-refractivity contribution in [2.45, 2.75) is 0 Å². The Morgan fingerprint density at radius 1 is 1.25 bits per heavy atom. The van der Waals surface area contributed by atoms with Crippen molar-refractivity contribution in [1.29, 1.82) is 0 Å². The van der Waals surface area contributed by atoms with Gasteiger partial charge in [0.15, 0.2) is 0 Å². The molecule has 0 fully saturated rings. The zero-order valence-corrected chi connectivity index (χ0v) is 12.9. The van der Waals surface area contributed by atoms with Gasteiger partial charge < -0.3 is 4.42 Å². The summed E-state index contributed by atoms with van der Waals surface area (Å²) in [4.78, 5) is 22.8. The van der Waals surface area contributed by atoms with Gasteiger partial charge in [0.2, 0.25) is 5.89 Å². The van der Waals surface area contributed by atoms with E-state index in [2.05, 4.69) is 15.5 Å².